The van der Waals surface area contributed by atoms with Crippen LogP contribution in [-0.4, -0.2) is 12.1 Å². The Morgan fingerprint density at radius 3 is 2.87 bits per heavy atom. The molecule has 0 unspecified atom stereocenters. The number of methoxy groups -OCH3 is 1. The second-order valence-electron chi connectivity index (χ2n) is 2.98. The Morgan fingerprint density at radius 1 is 1.40 bits per heavy atom. The summed E-state index contributed by atoms with van der Waals surface area (Å²) in [5, 5.41) is 0. The van der Waals surface area contributed by atoms with Gasteiger partial charge in [0.1, 0.15) is 12.0 Å². The van der Waals surface area contributed by atoms with Crippen molar-refractivity contribution in [1.82, 2.24) is 4.98 Å². The normalized spacial score (nSPS) is 10.3. The molecule has 0 spiro atoms. The van der Waals surface area contributed by atoms with Crippen molar-refractivity contribution in [1.29, 1.82) is 0 Å². The number of halogens is 1. The fourth-order valence-electron chi connectivity index (χ4n) is 1.31. The molecule has 2 rings (SSSR count). The lowest BCUT2D eigenvalue weighted by Gasteiger charge is -2.03. The van der Waals surface area contributed by atoms with E-state index in [2.05, 4.69) is 27.6 Å². The lowest BCUT2D eigenvalue weighted by molar-refractivity contribution is 0.414. The van der Waals surface area contributed by atoms with E-state index in [1.165, 1.54) is 0 Å². The van der Waals surface area contributed by atoms with Gasteiger partial charge in [0.25, 0.3) is 0 Å². The lowest BCUT2D eigenvalue weighted by Crippen LogP contribution is -1.87. The molecule has 2 aromatic rings. The van der Waals surface area contributed by atoms with Crippen molar-refractivity contribution in [2.75, 3.05) is 7.11 Å². The highest BCUT2D eigenvalue weighted by Crippen LogP contribution is 2.28. The summed E-state index contributed by atoms with van der Waals surface area (Å²) in [6, 6.07) is 7.68. The van der Waals surface area contributed by atoms with Crippen molar-refractivity contribution < 1.29 is 9.15 Å². The molecule has 1 heterocycles. The quantitative estimate of drug-likeness (QED) is 0.644. The van der Waals surface area contributed by atoms with Crippen LogP contribution in [0.1, 0.15) is 5.69 Å². The molecule has 0 fully saturated rings. The molecule has 15 heavy (non-hydrogen) atoms. The minimum atomic E-state index is 0.610. The Balaban J connectivity index is 2.44. The topological polar surface area (TPSA) is 35.3 Å². The molecule has 0 atom stereocenters. The van der Waals surface area contributed by atoms with Gasteiger partial charge in [-0.15, -0.1) is 0 Å². The zero-order chi connectivity index (χ0) is 10.7. The molecule has 0 bridgehead atoms. The van der Waals surface area contributed by atoms with Crippen LogP contribution >= 0.6 is 22.6 Å². The number of aromatic nitrogens is 1. The highest BCUT2D eigenvalue weighted by Gasteiger charge is 2.10. The number of alkyl halides is 1. The Labute approximate surface area is 102 Å². The third kappa shape index (κ3) is 2.14. The first-order valence-corrected chi connectivity index (χ1v) is 6.01. The van der Waals surface area contributed by atoms with Crippen LogP contribution in [0.3, 0.4) is 0 Å². The number of hydrogen-bond donors (Lipinski definition) is 0. The number of hydrogen-bond acceptors (Lipinski definition) is 3. The van der Waals surface area contributed by atoms with Crippen molar-refractivity contribution in [3.8, 4) is 17.2 Å². The average Bonchev–Trinajstić information content (AvgIpc) is 2.77. The maximum Gasteiger partial charge on any atom is 0.229 e. The minimum absolute atomic E-state index is 0.610. The predicted octanol–water partition coefficient (Wildman–Crippen LogP) is 3.29. The van der Waals surface area contributed by atoms with Gasteiger partial charge in [-0.2, -0.15) is 0 Å². The van der Waals surface area contributed by atoms with Crippen molar-refractivity contribution >= 4 is 22.6 Å². The van der Waals surface area contributed by atoms with E-state index in [9.17, 15) is 0 Å². The van der Waals surface area contributed by atoms with Crippen molar-refractivity contribution in [3.05, 3.63) is 36.2 Å². The van der Waals surface area contributed by atoms with Crippen LogP contribution in [0.25, 0.3) is 11.5 Å². The molecule has 0 aliphatic heterocycles. The fraction of sp³-hybridized carbons (Fsp3) is 0.182. The molecule has 0 aliphatic rings. The minimum Gasteiger partial charge on any atom is -0.496 e. The van der Waals surface area contributed by atoms with Gasteiger partial charge in [0.15, 0.2) is 0 Å². The SMILES string of the molecule is COc1ccccc1-c1nc(CI)co1. The molecule has 0 aliphatic carbocycles. The van der Waals surface area contributed by atoms with Crippen LogP contribution in [0.4, 0.5) is 0 Å². The van der Waals surface area contributed by atoms with Gasteiger partial charge in [-0.25, -0.2) is 4.98 Å². The summed E-state index contributed by atoms with van der Waals surface area (Å²) < 4.78 is 11.5. The molecule has 78 valence electrons. The molecule has 0 saturated carbocycles. The van der Waals surface area contributed by atoms with Crippen LogP contribution in [0.15, 0.2) is 34.9 Å². The fourth-order valence-corrected chi connectivity index (χ4v) is 1.66. The molecule has 1 aromatic carbocycles. The van der Waals surface area contributed by atoms with Crippen LogP contribution in [0.5, 0.6) is 5.75 Å². The van der Waals surface area contributed by atoms with Crippen molar-refractivity contribution in [2.45, 2.75) is 4.43 Å². The van der Waals surface area contributed by atoms with E-state index in [1.54, 1.807) is 13.4 Å². The highest BCUT2D eigenvalue weighted by molar-refractivity contribution is 14.1. The number of nitrogens with zero attached hydrogens (tertiary/aromatic N) is 1. The second kappa shape index (κ2) is 4.65. The van der Waals surface area contributed by atoms with E-state index in [1.807, 2.05) is 24.3 Å². The standard InChI is InChI=1S/C11H10INO2/c1-14-10-5-3-2-4-9(10)11-13-8(6-12)7-15-11/h2-5,7H,6H2,1H3. The Kier molecular flexibility index (Phi) is 3.25. The molecule has 0 amide bonds. The van der Waals surface area contributed by atoms with E-state index in [0.29, 0.717) is 5.89 Å². The van der Waals surface area contributed by atoms with Gasteiger partial charge >= 0.3 is 0 Å². The van der Waals surface area contributed by atoms with Gasteiger partial charge in [-0.3, -0.25) is 0 Å². The van der Waals surface area contributed by atoms with E-state index >= 15 is 0 Å². The Hall–Kier alpha value is -1.04. The molecular formula is C11H10INO2. The molecule has 4 heteroatoms. The molecule has 1 aromatic heterocycles. The number of ether oxygens (including phenoxy) is 1. The van der Waals surface area contributed by atoms with Crippen LogP contribution in [0, 0.1) is 0 Å². The first-order valence-electron chi connectivity index (χ1n) is 4.49. The third-order valence-electron chi connectivity index (χ3n) is 2.03. The molecule has 3 nitrogen and oxygen atoms in total. The summed E-state index contributed by atoms with van der Waals surface area (Å²) in [6.07, 6.45) is 1.67. The van der Waals surface area contributed by atoms with Gasteiger partial charge in [-0.05, 0) is 12.1 Å². The van der Waals surface area contributed by atoms with E-state index in [4.69, 9.17) is 9.15 Å². The van der Waals surface area contributed by atoms with Crippen LogP contribution < -0.4 is 4.74 Å². The van der Waals surface area contributed by atoms with Gasteiger partial charge in [0.2, 0.25) is 5.89 Å². The van der Waals surface area contributed by atoms with Crippen molar-refractivity contribution in [2.24, 2.45) is 0 Å². The Morgan fingerprint density at radius 2 is 2.20 bits per heavy atom. The monoisotopic (exact) mass is 315 g/mol. The van der Waals surface area contributed by atoms with E-state index in [0.717, 1.165) is 21.4 Å². The third-order valence-corrected chi connectivity index (χ3v) is 2.81. The summed E-state index contributed by atoms with van der Waals surface area (Å²) >= 11 is 2.25. The summed E-state index contributed by atoms with van der Waals surface area (Å²) in [7, 11) is 1.64. The summed E-state index contributed by atoms with van der Waals surface area (Å²) in [4.78, 5) is 4.35. The maximum atomic E-state index is 5.39. The Bertz CT molecular complexity index is 453. The first-order chi connectivity index (χ1) is 7.35. The van der Waals surface area contributed by atoms with Gasteiger partial charge in [0.05, 0.1) is 18.4 Å². The van der Waals surface area contributed by atoms with Gasteiger partial charge in [0, 0.05) is 4.43 Å². The predicted molar refractivity (Wildman–Crippen MR) is 66.2 cm³/mol. The molecule has 0 N–H and O–H groups in total. The summed E-state index contributed by atoms with van der Waals surface area (Å²) in [5.41, 5.74) is 1.83. The smallest absolute Gasteiger partial charge is 0.229 e. The van der Waals surface area contributed by atoms with E-state index < -0.39 is 0 Å². The van der Waals surface area contributed by atoms with Crippen LogP contribution in [-0.2, 0) is 4.43 Å². The zero-order valence-corrected chi connectivity index (χ0v) is 10.4. The first kappa shape index (κ1) is 10.5. The zero-order valence-electron chi connectivity index (χ0n) is 8.24. The number of benzene rings is 1. The van der Waals surface area contributed by atoms with Gasteiger partial charge < -0.3 is 9.15 Å². The van der Waals surface area contributed by atoms with Crippen molar-refractivity contribution in [3.63, 3.8) is 0 Å². The highest BCUT2D eigenvalue weighted by atomic mass is 127. The summed E-state index contributed by atoms with van der Waals surface area (Å²) in [6.45, 7) is 0. The number of rotatable bonds is 3. The van der Waals surface area contributed by atoms with Gasteiger partial charge in [-0.1, -0.05) is 34.7 Å². The molecular weight excluding hydrogens is 305 g/mol. The maximum absolute atomic E-state index is 5.39. The van der Waals surface area contributed by atoms with E-state index in [-0.39, 0.29) is 0 Å². The number of para-hydroxylation sites is 1. The van der Waals surface area contributed by atoms with Crippen LogP contribution in [0.2, 0.25) is 0 Å². The number of oxazole rings is 1. The average molecular weight is 315 g/mol. The molecule has 0 saturated heterocycles. The largest absolute Gasteiger partial charge is 0.496 e. The second-order valence-corrected chi connectivity index (χ2v) is 3.74. The molecule has 0 radical (unpaired) electrons. The summed E-state index contributed by atoms with van der Waals surface area (Å²) in [5.74, 6) is 1.39. The lowest BCUT2D eigenvalue weighted by atomic mass is 10.2.